The Balaban J connectivity index is 4.58. The largest absolute Gasteiger partial charge is 0.464 e. The lowest BCUT2D eigenvalue weighted by Gasteiger charge is -2.27. The molecule has 0 aliphatic carbocycles. The standard InChI is InChI=1S/C13H26N2O4S/c1-6-19-13(17)8(3)15-12(16)11(18-5)10(14)9(4)20-7-2/h8-11H,6-7,14H2,1-5H3,(H,15,16)/t8-,9?,10+,11?/m1/s1. The van der Waals surface area contributed by atoms with Crippen LogP contribution in [0.25, 0.3) is 0 Å². The molecule has 0 aromatic rings. The van der Waals surface area contributed by atoms with Crippen LogP contribution in [0.2, 0.25) is 0 Å². The van der Waals surface area contributed by atoms with Crippen LogP contribution in [0.5, 0.6) is 0 Å². The topological polar surface area (TPSA) is 90.6 Å². The summed E-state index contributed by atoms with van der Waals surface area (Å²) in [6.45, 7) is 7.53. The molecule has 0 aliphatic heterocycles. The smallest absolute Gasteiger partial charge is 0.328 e. The summed E-state index contributed by atoms with van der Waals surface area (Å²) in [5, 5.41) is 2.64. The van der Waals surface area contributed by atoms with Crippen LogP contribution in [0.1, 0.15) is 27.7 Å². The highest BCUT2D eigenvalue weighted by atomic mass is 32.2. The van der Waals surface area contributed by atoms with E-state index < -0.39 is 30.1 Å². The third-order valence-corrected chi connectivity index (χ3v) is 4.01. The fraction of sp³-hybridized carbons (Fsp3) is 0.846. The number of ether oxygens (including phenoxy) is 2. The molecule has 1 amide bonds. The number of nitrogens with one attached hydrogen (secondary N) is 1. The molecule has 4 atom stereocenters. The second kappa shape index (κ2) is 10.0. The van der Waals surface area contributed by atoms with E-state index in [-0.39, 0.29) is 11.9 Å². The van der Waals surface area contributed by atoms with Crippen LogP contribution in [0.3, 0.4) is 0 Å². The van der Waals surface area contributed by atoms with Crippen molar-refractivity contribution in [2.24, 2.45) is 5.73 Å². The van der Waals surface area contributed by atoms with E-state index in [1.807, 2.05) is 13.8 Å². The average molecular weight is 306 g/mol. The van der Waals surface area contributed by atoms with Crippen LogP contribution < -0.4 is 11.1 Å². The molecule has 0 saturated heterocycles. The summed E-state index contributed by atoms with van der Waals surface area (Å²) in [7, 11) is 1.43. The maximum Gasteiger partial charge on any atom is 0.328 e. The van der Waals surface area contributed by atoms with Gasteiger partial charge in [-0.25, -0.2) is 4.79 Å². The Bertz CT molecular complexity index is 315. The van der Waals surface area contributed by atoms with Gasteiger partial charge >= 0.3 is 5.97 Å². The molecule has 0 aromatic heterocycles. The normalized spacial score (nSPS) is 16.9. The van der Waals surface area contributed by atoms with Crippen LogP contribution in [0.15, 0.2) is 0 Å². The third kappa shape index (κ3) is 6.11. The first kappa shape index (κ1) is 19.2. The Hall–Kier alpha value is -0.790. The van der Waals surface area contributed by atoms with Gasteiger partial charge in [-0.1, -0.05) is 13.8 Å². The van der Waals surface area contributed by atoms with Crippen molar-refractivity contribution in [3.63, 3.8) is 0 Å². The van der Waals surface area contributed by atoms with Crippen molar-refractivity contribution >= 4 is 23.6 Å². The van der Waals surface area contributed by atoms with Crippen molar-refractivity contribution in [2.75, 3.05) is 19.5 Å². The van der Waals surface area contributed by atoms with Gasteiger partial charge in [-0.15, -0.1) is 0 Å². The molecule has 0 bridgehead atoms. The number of carbonyl (C=O) groups excluding carboxylic acids is 2. The Morgan fingerprint density at radius 1 is 1.30 bits per heavy atom. The summed E-state index contributed by atoms with van der Waals surface area (Å²) in [6, 6.07) is -1.17. The Labute approximate surface area is 125 Å². The maximum atomic E-state index is 12.1. The van der Waals surface area contributed by atoms with Crippen molar-refractivity contribution < 1.29 is 19.1 Å². The SMILES string of the molecule is CCOC(=O)[C@@H](C)NC(=O)C(OC)[C@@H](N)C(C)SCC. The number of hydrogen-bond acceptors (Lipinski definition) is 6. The first-order chi connectivity index (χ1) is 9.38. The second-order valence-electron chi connectivity index (χ2n) is 4.38. The van der Waals surface area contributed by atoms with Crippen molar-refractivity contribution in [1.82, 2.24) is 5.32 Å². The summed E-state index contributed by atoms with van der Waals surface area (Å²) < 4.78 is 10.0. The minimum absolute atomic E-state index is 0.0774. The summed E-state index contributed by atoms with van der Waals surface area (Å²) in [5.41, 5.74) is 6.05. The lowest BCUT2D eigenvalue weighted by molar-refractivity contribution is -0.148. The van der Waals surface area contributed by atoms with E-state index in [0.29, 0.717) is 0 Å². The first-order valence-electron chi connectivity index (χ1n) is 6.75. The van der Waals surface area contributed by atoms with Crippen LogP contribution >= 0.6 is 11.8 Å². The zero-order valence-corrected chi connectivity index (χ0v) is 13.7. The summed E-state index contributed by atoms with van der Waals surface area (Å²) >= 11 is 1.66. The van der Waals surface area contributed by atoms with E-state index in [2.05, 4.69) is 5.32 Å². The fourth-order valence-corrected chi connectivity index (χ4v) is 2.57. The highest BCUT2D eigenvalue weighted by Crippen LogP contribution is 2.16. The van der Waals surface area contributed by atoms with E-state index in [1.165, 1.54) is 7.11 Å². The number of nitrogens with two attached hydrogens (primary N) is 1. The summed E-state index contributed by atoms with van der Waals surface area (Å²) in [5.74, 6) is 0.0379. The molecule has 0 rings (SSSR count). The second-order valence-corrected chi connectivity index (χ2v) is 6.03. The lowest BCUT2D eigenvalue weighted by atomic mass is 10.1. The number of esters is 1. The molecule has 7 heteroatoms. The lowest BCUT2D eigenvalue weighted by Crippen LogP contribution is -2.54. The summed E-state index contributed by atoms with van der Waals surface area (Å²) in [6.07, 6.45) is -0.791. The molecule has 0 aromatic carbocycles. The summed E-state index contributed by atoms with van der Waals surface area (Å²) in [4.78, 5) is 23.6. The molecule has 0 radical (unpaired) electrons. The Kier molecular flexibility index (Phi) is 9.62. The van der Waals surface area contributed by atoms with Gasteiger partial charge < -0.3 is 20.5 Å². The number of thioether (sulfide) groups is 1. The Morgan fingerprint density at radius 2 is 1.90 bits per heavy atom. The fourth-order valence-electron chi connectivity index (χ4n) is 1.68. The van der Waals surface area contributed by atoms with Crippen LogP contribution in [-0.4, -0.2) is 54.8 Å². The van der Waals surface area contributed by atoms with Gasteiger partial charge in [0.2, 0.25) is 0 Å². The molecule has 6 nitrogen and oxygen atoms in total. The van der Waals surface area contributed by atoms with E-state index in [4.69, 9.17) is 15.2 Å². The average Bonchev–Trinajstić information content (AvgIpc) is 2.39. The molecule has 0 spiro atoms. The van der Waals surface area contributed by atoms with Gasteiger partial charge in [0.25, 0.3) is 5.91 Å². The molecule has 20 heavy (non-hydrogen) atoms. The zero-order valence-electron chi connectivity index (χ0n) is 12.8. The number of amides is 1. The van der Waals surface area contributed by atoms with Gasteiger partial charge in [0, 0.05) is 12.4 Å². The van der Waals surface area contributed by atoms with E-state index in [1.54, 1.807) is 25.6 Å². The van der Waals surface area contributed by atoms with E-state index >= 15 is 0 Å². The van der Waals surface area contributed by atoms with Gasteiger partial charge in [-0.3, -0.25) is 4.79 Å². The van der Waals surface area contributed by atoms with Crippen LogP contribution in [0.4, 0.5) is 0 Å². The minimum atomic E-state index is -0.791. The zero-order chi connectivity index (χ0) is 15.7. The van der Waals surface area contributed by atoms with Crippen molar-refractivity contribution in [1.29, 1.82) is 0 Å². The number of hydrogen-bond donors (Lipinski definition) is 2. The minimum Gasteiger partial charge on any atom is -0.464 e. The molecule has 0 saturated carbocycles. The number of methoxy groups -OCH3 is 1. The molecular weight excluding hydrogens is 280 g/mol. The molecule has 2 unspecified atom stereocenters. The Morgan fingerprint density at radius 3 is 2.35 bits per heavy atom. The van der Waals surface area contributed by atoms with Gasteiger partial charge in [0.15, 0.2) is 6.10 Å². The van der Waals surface area contributed by atoms with Gasteiger partial charge in [0.1, 0.15) is 6.04 Å². The van der Waals surface area contributed by atoms with Crippen LogP contribution in [-0.2, 0) is 19.1 Å². The molecule has 3 N–H and O–H groups in total. The van der Waals surface area contributed by atoms with E-state index in [0.717, 1.165) is 5.75 Å². The quantitative estimate of drug-likeness (QED) is 0.604. The molecule has 0 fully saturated rings. The van der Waals surface area contributed by atoms with Crippen molar-refractivity contribution in [3.8, 4) is 0 Å². The molecule has 0 heterocycles. The van der Waals surface area contributed by atoms with Gasteiger partial charge in [-0.05, 0) is 19.6 Å². The highest BCUT2D eigenvalue weighted by molar-refractivity contribution is 7.99. The monoisotopic (exact) mass is 306 g/mol. The first-order valence-corrected chi connectivity index (χ1v) is 7.80. The predicted molar refractivity (Wildman–Crippen MR) is 80.6 cm³/mol. The molecular formula is C13H26N2O4S. The van der Waals surface area contributed by atoms with Crippen LogP contribution in [0, 0.1) is 0 Å². The van der Waals surface area contributed by atoms with Crippen molar-refractivity contribution in [2.45, 2.75) is 51.1 Å². The highest BCUT2D eigenvalue weighted by Gasteiger charge is 2.31. The molecule has 0 aliphatic rings. The number of rotatable bonds is 9. The van der Waals surface area contributed by atoms with Gasteiger partial charge in [-0.2, -0.15) is 11.8 Å². The maximum absolute atomic E-state index is 12.1. The van der Waals surface area contributed by atoms with Crippen molar-refractivity contribution in [3.05, 3.63) is 0 Å². The molecule has 118 valence electrons. The van der Waals surface area contributed by atoms with Gasteiger partial charge in [0.05, 0.1) is 12.6 Å². The van der Waals surface area contributed by atoms with E-state index in [9.17, 15) is 9.59 Å². The predicted octanol–water partition coefficient (Wildman–Crippen LogP) is 0.538. The third-order valence-electron chi connectivity index (χ3n) is 2.83. The number of carbonyl (C=O) groups is 2.